The lowest BCUT2D eigenvalue weighted by molar-refractivity contribution is -0.115. The van der Waals surface area contributed by atoms with Crippen LogP contribution in [0.25, 0.3) is 11.3 Å². The van der Waals surface area contributed by atoms with Crippen molar-refractivity contribution >= 4 is 29.2 Å². The minimum Gasteiger partial charge on any atom is -0.464 e. The number of furan rings is 1. The maximum atomic E-state index is 13.0. The molecule has 4 rings (SSSR count). The van der Waals surface area contributed by atoms with Gasteiger partial charge in [-0.15, -0.1) is 0 Å². The molecule has 1 aromatic carbocycles. The molecule has 9 nitrogen and oxygen atoms in total. The molecule has 1 aliphatic heterocycles. The number of anilines is 2. The molecule has 0 saturated heterocycles. The quantitative estimate of drug-likeness (QED) is 0.537. The molecule has 1 aliphatic rings. The van der Waals surface area contributed by atoms with E-state index in [4.69, 9.17) is 19.6 Å². The zero-order valence-corrected chi connectivity index (χ0v) is 17.7. The Hall–Kier alpha value is -4.15. The number of thioether (sulfide) groups is 1. The van der Waals surface area contributed by atoms with Crippen LogP contribution >= 0.6 is 11.8 Å². The molecule has 0 aliphatic carbocycles. The second-order valence-electron chi connectivity index (χ2n) is 6.70. The highest BCUT2D eigenvalue weighted by Gasteiger charge is 2.26. The minimum atomic E-state index is -0.572. The first kappa shape index (κ1) is 21.1. The molecule has 3 N–H and O–H groups in total. The van der Waals surface area contributed by atoms with Crippen molar-refractivity contribution in [3.63, 3.8) is 0 Å². The number of hydrogen-bond acceptors (Lipinski definition) is 9. The Labute approximate surface area is 187 Å². The van der Waals surface area contributed by atoms with Crippen LogP contribution in [0.2, 0.25) is 0 Å². The van der Waals surface area contributed by atoms with E-state index in [1.165, 1.54) is 6.26 Å². The summed E-state index contributed by atoms with van der Waals surface area (Å²) in [4.78, 5) is 17.2. The average Bonchev–Trinajstić information content (AvgIpc) is 3.48. The van der Waals surface area contributed by atoms with Gasteiger partial charge in [-0.2, -0.15) is 10.5 Å². The van der Waals surface area contributed by atoms with Crippen LogP contribution in [0.15, 0.2) is 46.0 Å². The van der Waals surface area contributed by atoms with Crippen LogP contribution in [0.5, 0.6) is 11.5 Å². The molecule has 160 valence electrons. The number of nitrogens with one attached hydrogen (secondary N) is 1. The Morgan fingerprint density at radius 1 is 1.25 bits per heavy atom. The molecule has 0 radical (unpaired) electrons. The molecule has 1 unspecified atom stereocenters. The monoisotopic (exact) mass is 447 g/mol. The lowest BCUT2D eigenvalue weighted by Crippen LogP contribution is -2.25. The summed E-state index contributed by atoms with van der Waals surface area (Å²) in [5, 5.41) is 21.9. The van der Waals surface area contributed by atoms with Crippen molar-refractivity contribution in [2.45, 2.75) is 23.6 Å². The summed E-state index contributed by atoms with van der Waals surface area (Å²) in [5.41, 5.74) is 7.01. The van der Waals surface area contributed by atoms with E-state index in [0.29, 0.717) is 29.4 Å². The second kappa shape index (κ2) is 8.92. The maximum absolute atomic E-state index is 13.0. The Kier molecular flexibility index (Phi) is 5.88. The largest absolute Gasteiger partial charge is 0.464 e. The van der Waals surface area contributed by atoms with Crippen molar-refractivity contribution in [1.29, 1.82) is 10.5 Å². The number of rotatable bonds is 6. The molecule has 2 aromatic heterocycles. The molecule has 0 bridgehead atoms. The molecule has 1 amide bonds. The molecule has 0 spiro atoms. The zero-order chi connectivity index (χ0) is 22.7. The minimum absolute atomic E-state index is 0.0357. The Balaban J connectivity index is 1.64. The number of aromatic nitrogens is 1. The molecular formula is C22H17N5O4S. The van der Waals surface area contributed by atoms with Gasteiger partial charge in [-0.3, -0.25) is 4.79 Å². The van der Waals surface area contributed by atoms with Crippen molar-refractivity contribution < 1.29 is 18.7 Å². The summed E-state index contributed by atoms with van der Waals surface area (Å²) < 4.78 is 16.0. The van der Waals surface area contributed by atoms with E-state index < -0.39 is 5.25 Å². The van der Waals surface area contributed by atoms with Gasteiger partial charge in [0.05, 0.1) is 22.6 Å². The SMILES string of the molecule is CCC(Sc1nc(N)c(C#N)c(-c2ccco2)c1C#N)C(=O)Nc1ccc2c(c1)OCO2. The molecule has 1 atom stereocenters. The molecule has 0 saturated carbocycles. The second-order valence-corrected chi connectivity index (χ2v) is 7.89. The van der Waals surface area contributed by atoms with Gasteiger partial charge in [0, 0.05) is 11.8 Å². The molecule has 3 heterocycles. The lowest BCUT2D eigenvalue weighted by atomic mass is 10.0. The number of fused-ring (bicyclic) bond motifs is 1. The van der Waals surface area contributed by atoms with Gasteiger partial charge in [-0.05, 0) is 30.7 Å². The average molecular weight is 447 g/mol. The lowest BCUT2D eigenvalue weighted by Gasteiger charge is -2.17. The highest BCUT2D eigenvalue weighted by Crippen LogP contribution is 2.38. The van der Waals surface area contributed by atoms with E-state index in [2.05, 4.69) is 16.4 Å². The topological polar surface area (TPSA) is 147 Å². The number of amides is 1. The summed E-state index contributed by atoms with van der Waals surface area (Å²) in [6, 6.07) is 12.5. The van der Waals surface area contributed by atoms with Crippen molar-refractivity contribution in [3.05, 3.63) is 47.7 Å². The van der Waals surface area contributed by atoms with Gasteiger partial charge in [0.15, 0.2) is 11.5 Å². The van der Waals surface area contributed by atoms with Gasteiger partial charge in [-0.1, -0.05) is 18.7 Å². The normalized spacial score (nSPS) is 12.6. The number of carbonyl (C=O) groups excluding carboxylic acids is 1. The zero-order valence-electron chi connectivity index (χ0n) is 16.9. The maximum Gasteiger partial charge on any atom is 0.237 e. The number of nitrogens with zero attached hydrogens (tertiary/aromatic N) is 3. The van der Waals surface area contributed by atoms with E-state index in [1.807, 2.05) is 13.0 Å². The van der Waals surface area contributed by atoms with Crippen molar-refractivity contribution in [1.82, 2.24) is 4.98 Å². The summed E-state index contributed by atoms with van der Waals surface area (Å²) in [6.45, 7) is 1.99. The number of ether oxygens (including phenoxy) is 2. The number of hydrogen-bond donors (Lipinski definition) is 2. The van der Waals surface area contributed by atoms with E-state index in [1.54, 1.807) is 30.3 Å². The Bertz CT molecular complexity index is 1260. The molecular weight excluding hydrogens is 430 g/mol. The van der Waals surface area contributed by atoms with Gasteiger partial charge >= 0.3 is 0 Å². The standard InChI is InChI=1S/C22H17N5O4S/c1-2-18(21(28)26-12-5-6-15-17(8-12)31-11-30-15)32-22-14(10-24)19(16-4-3-7-29-16)13(9-23)20(25)27-22/h3-8,18H,2,11H2,1H3,(H2,25,27)(H,26,28). The smallest absolute Gasteiger partial charge is 0.237 e. The van der Waals surface area contributed by atoms with Gasteiger partial charge in [-0.25, -0.2) is 4.98 Å². The van der Waals surface area contributed by atoms with Crippen LogP contribution in [-0.4, -0.2) is 22.9 Å². The van der Waals surface area contributed by atoms with Gasteiger partial charge in [0.1, 0.15) is 34.3 Å². The third-order valence-electron chi connectivity index (χ3n) is 4.74. The fourth-order valence-electron chi connectivity index (χ4n) is 3.20. The van der Waals surface area contributed by atoms with E-state index >= 15 is 0 Å². The Morgan fingerprint density at radius 2 is 2.03 bits per heavy atom. The van der Waals surface area contributed by atoms with E-state index in [0.717, 1.165) is 11.8 Å². The van der Waals surface area contributed by atoms with E-state index in [9.17, 15) is 15.3 Å². The first-order chi connectivity index (χ1) is 15.5. The third-order valence-corrected chi connectivity index (χ3v) is 6.09. The highest BCUT2D eigenvalue weighted by atomic mass is 32.2. The summed E-state index contributed by atoms with van der Waals surface area (Å²) in [6.07, 6.45) is 1.90. The fraction of sp³-hybridized carbons (Fsp3) is 0.182. The van der Waals surface area contributed by atoms with Crippen molar-refractivity contribution in [3.8, 4) is 35.0 Å². The number of nitrogens with two attached hydrogens (primary N) is 1. The van der Waals surface area contributed by atoms with Gasteiger partial charge in [0.2, 0.25) is 12.7 Å². The summed E-state index contributed by atoms with van der Waals surface area (Å²) in [5.74, 6) is 1.19. The first-order valence-electron chi connectivity index (χ1n) is 9.60. The molecule has 32 heavy (non-hydrogen) atoms. The highest BCUT2D eigenvalue weighted by molar-refractivity contribution is 8.00. The molecule has 10 heteroatoms. The van der Waals surface area contributed by atoms with Crippen LogP contribution in [0.3, 0.4) is 0 Å². The number of carbonyl (C=O) groups is 1. The van der Waals surface area contributed by atoms with Crippen LogP contribution in [0.4, 0.5) is 11.5 Å². The van der Waals surface area contributed by atoms with Crippen LogP contribution < -0.4 is 20.5 Å². The number of pyridine rings is 1. The summed E-state index contributed by atoms with van der Waals surface area (Å²) in [7, 11) is 0. The Morgan fingerprint density at radius 3 is 2.72 bits per heavy atom. The van der Waals surface area contributed by atoms with Crippen LogP contribution in [0, 0.1) is 22.7 Å². The van der Waals surface area contributed by atoms with Crippen LogP contribution in [-0.2, 0) is 4.79 Å². The van der Waals surface area contributed by atoms with Crippen molar-refractivity contribution in [2.24, 2.45) is 0 Å². The summed E-state index contributed by atoms with van der Waals surface area (Å²) >= 11 is 1.10. The molecule has 3 aromatic rings. The van der Waals surface area contributed by atoms with E-state index in [-0.39, 0.29) is 40.2 Å². The predicted molar refractivity (Wildman–Crippen MR) is 117 cm³/mol. The third kappa shape index (κ3) is 3.92. The van der Waals surface area contributed by atoms with Gasteiger partial charge in [0.25, 0.3) is 0 Å². The van der Waals surface area contributed by atoms with Gasteiger partial charge < -0.3 is 24.9 Å². The number of nitrogen functional groups attached to an aromatic ring is 1. The molecule has 0 fully saturated rings. The number of nitriles is 2. The first-order valence-corrected chi connectivity index (χ1v) is 10.5. The predicted octanol–water partition coefficient (Wildman–Crippen LogP) is 3.91. The van der Waals surface area contributed by atoms with Crippen molar-refractivity contribution in [2.75, 3.05) is 17.8 Å². The number of benzene rings is 1. The van der Waals surface area contributed by atoms with Crippen LogP contribution in [0.1, 0.15) is 24.5 Å². The fourth-order valence-corrected chi connectivity index (χ4v) is 4.22.